The number of ether oxygens (including phenoxy) is 1. The molecule has 2 atom stereocenters. The Morgan fingerprint density at radius 1 is 1.10 bits per heavy atom. The van der Waals surface area contributed by atoms with Crippen LogP contribution in [0.4, 0.5) is 11.4 Å². The van der Waals surface area contributed by atoms with Crippen LogP contribution < -0.4 is 19.7 Å². The molecule has 0 radical (unpaired) electrons. The fraction of sp³-hybridized carbons (Fsp3) is 0.450. The molecular weight excluding hydrogens is 663 g/mol. The van der Waals surface area contributed by atoms with Crippen LogP contribution in [-0.4, -0.2) is 56.5 Å². The van der Waals surface area contributed by atoms with E-state index in [1.165, 1.54) is 0 Å². The van der Waals surface area contributed by atoms with Crippen molar-refractivity contribution in [3.8, 4) is 17.1 Å². The second-order valence-corrected chi connectivity index (χ2v) is 15.2. The van der Waals surface area contributed by atoms with Gasteiger partial charge in [0.15, 0.2) is 0 Å². The van der Waals surface area contributed by atoms with Crippen molar-refractivity contribution >= 4 is 21.4 Å². The number of hydrogen-bond donors (Lipinski definition) is 3. The average Bonchev–Trinajstić information content (AvgIpc) is 3.58. The van der Waals surface area contributed by atoms with Crippen molar-refractivity contribution in [2.24, 2.45) is 11.8 Å². The molecule has 51 heavy (non-hydrogen) atoms. The fourth-order valence-electron chi connectivity index (χ4n) is 5.46. The smallest absolute Gasteiger partial charge is 0.236 e. The number of nitrogens with zero attached hydrogens (tertiary/aromatic N) is 3. The molecule has 0 aliphatic rings. The number of sulfonamides is 1. The van der Waals surface area contributed by atoms with Crippen LogP contribution in [0.5, 0.6) is 5.75 Å². The molecule has 0 saturated heterocycles. The summed E-state index contributed by atoms with van der Waals surface area (Å²) in [5.74, 6) is 2.32. The largest absolute Gasteiger partial charge is 0.491 e. The highest BCUT2D eigenvalue weighted by Gasteiger charge is 2.21. The molecule has 1 heterocycles. The minimum Gasteiger partial charge on any atom is -0.491 e. The number of anilines is 2. The van der Waals surface area contributed by atoms with Crippen LogP contribution in [0.15, 0.2) is 94.9 Å². The number of rotatable bonds is 23. The summed E-state index contributed by atoms with van der Waals surface area (Å²) in [6.07, 6.45) is 10.7. The van der Waals surface area contributed by atoms with E-state index in [1.807, 2.05) is 56.3 Å². The first-order valence-electron chi connectivity index (χ1n) is 17.7. The van der Waals surface area contributed by atoms with E-state index in [1.54, 1.807) is 25.2 Å². The molecular formula is C40H57N5O5S. The van der Waals surface area contributed by atoms with Gasteiger partial charge in [0, 0.05) is 38.2 Å². The van der Waals surface area contributed by atoms with Crippen molar-refractivity contribution in [2.45, 2.75) is 79.3 Å². The van der Waals surface area contributed by atoms with Crippen LogP contribution in [0.1, 0.15) is 71.8 Å². The molecule has 2 unspecified atom stereocenters. The molecule has 0 fully saturated rings. The zero-order chi connectivity index (χ0) is 37.4. The third kappa shape index (κ3) is 13.5. The van der Waals surface area contributed by atoms with Gasteiger partial charge >= 0.3 is 0 Å². The Kier molecular flexibility index (Phi) is 16.7. The van der Waals surface area contributed by atoms with Crippen LogP contribution in [0, 0.1) is 11.8 Å². The average molecular weight is 720 g/mol. The molecule has 3 aromatic rings. The number of aliphatic hydroxyl groups is 1. The zero-order valence-corrected chi connectivity index (χ0v) is 32.0. The van der Waals surface area contributed by atoms with E-state index in [0.717, 1.165) is 41.0 Å². The number of aryl methyl sites for hydroxylation is 1. The van der Waals surface area contributed by atoms with Crippen molar-refractivity contribution in [3.63, 3.8) is 0 Å². The van der Waals surface area contributed by atoms with Gasteiger partial charge in [-0.05, 0) is 87.3 Å². The predicted octanol–water partition coefficient (Wildman–Crippen LogP) is 8.06. The monoisotopic (exact) mass is 719 g/mol. The van der Waals surface area contributed by atoms with Gasteiger partial charge in [-0.1, -0.05) is 67.9 Å². The van der Waals surface area contributed by atoms with E-state index in [4.69, 9.17) is 19.4 Å². The topological polar surface area (TPSA) is 130 Å². The van der Waals surface area contributed by atoms with Gasteiger partial charge in [-0.25, -0.2) is 13.1 Å². The van der Waals surface area contributed by atoms with Gasteiger partial charge in [-0.2, -0.15) is 4.98 Å². The molecule has 0 aliphatic heterocycles. The van der Waals surface area contributed by atoms with Crippen LogP contribution >= 0.6 is 0 Å². The van der Waals surface area contributed by atoms with Crippen molar-refractivity contribution < 1.29 is 22.8 Å². The lowest BCUT2D eigenvalue weighted by atomic mass is 10.0. The fourth-order valence-corrected chi connectivity index (χ4v) is 6.68. The molecule has 0 saturated carbocycles. The summed E-state index contributed by atoms with van der Waals surface area (Å²) in [5.41, 5.74) is 4.83. The summed E-state index contributed by atoms with van der Waals surface area (Å²) in [6.45, 7) is 19.2. The van der Waals surface area contributed by atoms with E-state index in [2.05, 4.69) is 60.2 Å². The van der Waals surface area contributed by atoms with E-state index in [-0.39, 0.29) is 19.1 Å². The molecule has 0 amide bonds. The van der Waals surface area contributed by atoms with E-state index < -0.39 is 16.1 Å². The Hall–Kier alpha value is -4.19. The molecule has 0 spiro atoms. The summed E-state index contributed by atoms with van der Waals surface area (Å²) in [6, 6.07) is 13.5. The van der Waals surface area contributed by atoms with Gasteiger partial charge in [-0.3, -0.25) is 0 Å². The number of aliphatic hydroxyl groups excluding tert-OH is 1. The van der Waals surface area contributed by atoms with Gasteiger partial charge in [0.25, 0.3) is 0 Å². The van der Waals surface area contributed by atoms with Crippen molar-refractivity contribution in [1.29, 1.82) is 0 Å². The first-order valence-corrected chi connectivity index (χ1v) is 19.2. The predicted molar refractivity (Wildman–Crippen MR) is 209 cm³/mol. The van der Waals surface area contributed by atoms with Crippen molar-refractivity contribution in [1.82, 2.24) is 14.9 Å². The maximum absolute atomic E-state index is 13.1. The Balaban J connectivity index is 1.78. The number of hydrogen-bond acceptors (Lipinski definition) is 9. The van der Waals surface area contributed by atoms with E-state index in [0.29, 0.717) is 60.5 Å². The van der Waals surface area contributed by atoms with E-state index in [9.17, 15) is 8.42 Å². The van der Waals surface area contributed by atoms with Crippen LogP contribution in [0.3, 0.4) is 0 Å². The highest BCUT2D eigenvalue weighted by atomic mass is 32.2. The number of aromatic nitrogens is 2. The molecule has 3 N–H and O–H groups in total. The van der Waals surface area contributed by atoms with Gasteiger partial charge in [0.05, 0.1) is 22.9 Å². The van der Waals surface area contributed by atoms with Crippen LogP contribution in [0.25, 0.3) is 11.4 Å². The molecule has 11 heteroatoms. The quantitative estimate of drug-likeness (QED) is 0.0834. The van der Waals surface area contributed by atoms with Gasteiger partial charge in [0.1, 0.15) is 12.4 Å². The first kappa shape index (κ1) is 41.2. The summed E-state index contributed by atoms with van der Waals surface area (Å²) >= 11 is 0. The summed E-state index contributed by atoms with van der Waals surface area (Å²) in [5, 5.41) is 16.9. The third-order valence-corrected chi connectivity index (χ3v) is 10.1. The molecule has 278 valence electrons. The highest BCUT2D eigenvalue weighted by Crippen LogP contribution is 2.31. The third-order valence-electron chi connectivity index (χ3n) is 8.49. The summed E-state index contributed by atoms with van der Waals surface area (Å²) < 4.78 is 40.3. The minimum atomic E-state index is -3.67. The van der Waals surface area contributed by atoms with Gasteiger partial charge in [0.2, 0.25) is 21.7 Å². The molecule has 2 aromatic carbocycles. The minimum absolute atomic E-state index is 0.0278. The highest BCUT2D eigenvalue weighted by molar-refractivity contribution is 7.93. The molecule has 1 aromatic heterocycles. The Morgan fingerprint density at radius 2 is 1.84 bits per heavy atom. The second-order valence-electron chi connectivity index (χ2n) is 13.3. The van der Waals surface area contributed by atoms with E-state index >= 15 is 0 Å². The normalized spacial score (nSPS) is 13.6. The maximum atomic E-state index is 13.1. The molecule has 0 aliphatic carbocycles. The lowest BCUT2D eigenvalue weighted by molar-refractivity contribution is 0.201. The van der Waals surface area contributed by atoms with Gasteiger partial charge < -0.3 is 24.6 Å². The lowest BCUT2D eigenvalue weighted by Gasteiger charge is -2.24. The molecule has 3 rings (SSSR count). The van der Waals surface area contributed by atoms with Crippen LogP contribution in [0.2, 0.25) is 0 Å². The SMILES string of the molecule is C=CCC=C(CCc1nc(-c2ccc(N(C)CCC(C)C)c(NCc3ccc(OCCO)cc3)c2)no1)C(C)NS(=O)(=O)/C(C)=C/C(C)CC=C. The number of nitrogens with one attached hydrogen (secondary N) is 2. The Bertz CT molecular complexity index is 1710. The first-order chi connectivity index (χ1) is 24.4. The zero-order valence-electron chi connectivity index (χ0n) is 31.2. The summed E-state index contributed by atoms with van der Waals surface area (Å²) in [7, 11) is -1.57. The second kappa shape index (κ2) is 20.6. The van der Waals surface area contributed by atoms with Crippen molar-refractivity contribution in [2.75, 3.05) is 37.0 Å². The standard InChI is InChI=1S/C40H57N5O5S/c1-9-11-13-34(32(7)44-51(47,48)31(6)26-30(5)12-10-2)17-21-39-42-40(43-50-39)35-16-20-38(45(8)23-22-29(3)4)37(27-35)41-28-33-14-18-36(19-15-33)49-25-24-46/h9-10,13-16,18-20,26-27,29-30,32,41,44,46H,1-2,11-12,17,21-25,28H2,3-8H3/b31-26+,34-13?. The van der Waals surface area contributed by atoms with Crippen LogP contribution in [-0.2, 0) is 23.0 Å². The Labute approximate surface area is 305 Å². The summed E-state index contributed by atoms with van der Waals surface area (Å²) in [4.78, 5) is 7.27. The Morgan fingerprint density at radius 3 is 2.51 bits per heavy atom. The van der Waals surface area contributed by atoms with Gasteiger partial charge in [-0.15, -0.1) is 13.2 Å². The maximum Gasteiger partial charge on any atom is 0.236 e. The van der Waals surface area contributed by atoms with Crippen molar-refractivity contribution in [3.05, 3.63) is 102 Å². The molecule has 10 nitrogen and oxygen atoms in total. The number of allylic oxidation sites excluding steroid dienone is 5. The lowest BCUT2D eigenvalue weighted by Crippen LogP contribution is -2.34. The molecule has 0 bridgehead atoms. The number of benzene rings is 2.